The fourth-order valence-corrected chi connectivity index (χ4v) is 3.06. The highest BCUT2D eigenvalue weighted by Gasteiger charge is 2.24. The number of hydrogen-bond acceptors (Lipinski definition) is 4. The fourth-order valence-electron chi connectivity index (χ4n) is 3.06. The van der Waals surface area contributed by atoms with E-state index in [1.165, 1.54) is 25.5 Å². The van der Waals surface area contributed by atoms with E-state index in [1.807, 2.05) is 0 Å². The van der Waals surface area contributed by atoms with Crippen molar-refractivity contribution in [1.29, 1.82) is 0 Å². The van der Waals surface area contributed by atoms with Crippen molar-refractivity contribution in [3.8, 4) is 0 Å². The Labute approximate surface area is 124 Å². The highest BCUT2D eigenvalue weighted by molar-refractivity contribution is 5.93. The zero-order chi connectivity index (χ0) is 15.6. The first-order chi connectivity index (χ1) is 9.86. The van der Waals surface area contributed by atoms with Crippen LogP contribution in [-0.2, 0) is 4.79 Å². The minimum absolute atomic E-state index is 0.0133. The molecule has 0 aliphatic carbocycles. The summed E-state index contributed by atoms with van der Waals surface area (Å²) in [5.41, 5.74) is 1.35. The maximum Gasteiger partial charge on any atom is 0.271 e. The molecule has 0 aromatic heterocycles. The molecule has 0 saturated carbocycles. The first-order valence-electron chi connectivity index (χ1n) is 7.17. The molecule has 6 heteroatoms. The summed E-state index contributed by atoms with van der Waals surface area (Å²) < 4.78 is 0. The smallest absolute Gasteiger partial charge is 0.271 e. The van der Waals surface area contributed by atoms with E-state index in [9.17, 15) is 14.9 Å². The number of hydrogen-bond donors (Lipinski definition) is 1. The summed E-state index contributed by atoms with van der Waals surface area (Å²) in [5, 5.41) is 13.6. The van der Waals surface area contributed by atoms with E-state index in [2.05, 4.69) is 24.1 Å². The van der Waals surface area contributed by atoms with Crippen LogP contribution in [-0.4, -0.2) is 23.9 Å². The molecule has 21 heavy (non-hydrogen) atoms. The van der Waals surface area contributed by atoms with Crippen molar-refractivity contribution >= 4 is 23.0 Å². The summed E-state index contributed by atoms with van der Waals surface area (Å²) in [5.74, 6) is 0.901. The van der Waals surface area contributed by atoms with Crippen LogP contribution < -0.4 is 10.2 Å². The molecule has 1 aliphatic heterocycles. The monoisotopic (exact) mass is 291 g/mol. The predicted molar refractivity (Wildman–Crippen MR) is 82.6 cm³/mol. The lowest BCUT2D eigenvalue weighted by atomic mass is 9.91. The van der Waals surface area contributed by atoms with Gasteiger partial charge in [-0.25, -0.2) is 0 Å². The Kier molecular flexibility index (Phi) is 4.45. The van der Waals surface area contributed by atoms with Crippen LogP contribution in [0.5, 0.6) is 0 Å². The maximum absolute atomic E-state index is 11.4. The van der Waals surface area contributed by atoms with Crippen LogP contribution in [0.4, 0.5) is 17.1 Å². The molecule has 0 spiro atoms. The lowest BCUT2D eigenvalue weighted by molar-refractivity contribution is -0.384. The summed E-state index contributed by atoms with van der Waals surface area (Å²) >= 11 is 0. The van der Waals surface area contributed by atoms with E-state index in [-0.39, 0.29) is 11.6 Å². The number of rotatable bonds is 3. The summed E-state index contributed by atoms with van der Waals surface area (Å²) in [6.07, 6.45) is 1.18. The van der Waals surface area contributed by atoms with Crippen LogP contribution in [0.1, 0.15) is 27.2 Å². The van der Waals surface area contributed by atoms with Crippen molar-refractivity contribution in [2.45, 2.75) is 27.2 Å². The van der Waals surface area contributed by atoms with E-state index in [1.54, 1.807) is 6.07 Å². The lowest BCUT2D eigenvalue weighted by Crippen LogP contribution is -2.39. The van der Waals surface area contributed by atoms with E-state index in [4.69, 9.17) is 0 Å². The maximum atomic E-state index is 11.4. The van der Waals surface area contributed by atoms with E-state index < -0.39 is 4.92 Å². The topological polar surface area (TPSA) is 75.5 Å². The normalized spacial score (nSPS) is 22.0. The Morgan fingerprint density at radius 2 is 1.95 bits per heavy atom. The molecule has 2 rings (SSSR count). The van der Waals surface area contributed by atoms with Crippen LogP contribution in [0.2, 0.25) is 0 Å². The zero-order valence-corrected chi connectivity index (χ0v) is 12.6. The zero-order valence-electron chi connectivity index (χ0n) is 12.6. The molecule has 1 aliphatic rings. The molecule has 1 amide bonds. The number of nitro groups is 1. The molecule has 1 N–H and O–H groups in total. The Bertz CT molecular complexity index is 549. The standard InChI is InChI=1S/C15H21N3O3/c1-10-6-11(2)9-17(8-10)15-5-4-13(18(20)21)7-14(15)16-12(3)19/h4-5,7,10-11H,6,8-9H2,1-3H3,(H,16,19). The van der Waals surface area contributed by atoms with E-state index >= 15 is 0 Å². The van der Waals surface area contributed by atoms with Crippen LogP contribution >= 0.6 is 0 Å². The minimum Gasteiger partial charge on any atom is -0.369 e. The van der Waals surface area contributed by atoms with Crippen molar-refractivity contribution in [2.24, 2.45) is 11.8 Å². The van der Waals surface area contributed by atoms with Crippen LogP contribution in [0.25, 0.3) is 0 Å². The molecule has 1 aromatic rings. The molecule has 2 atom stereocenters. The minimum atomic E-state index is -0.448. The number of carbonyl (C=O) groups is 1. The fraction of sp³-hybridized carbons (Fsp3) is 0.533. The Morgan fingerprint density at radius 3 is 2.48 bits per heavy atom. The predicted octanol–water partition coefficient (Wildman–Crippen LogP) is 3.04. The van der Waals surface area contributed by atoms with Crippen molar-refractivity contribution < 1.29 is 9.72 Å². The first-order valence-corrected chi connectivity index (χ1v) is 7.17. The number of non-ortho nitro benzene ring substituents is 1. The van der Waals surface area contributed by atoms with Gasteiger partial charge in [0.25, 0.3) is 5.69 Å². The Morgan fingerprint density at radius 1 is 1.33 bits per heavy atom. The third-order valence-corrected chi connectivity index (χ3v) is 3.71. The molecule has 1 saturated heterocycles. The molecule has 2 unspecified atom stereocenters. The van der Waals surface area contributed by atoms with Crippen LogP contribution in [0.15, 0.2) is 18.2 Å². The second-order valence-corrected chi connectivity index (χ2v) is 5.99. The lowest BCUT2D eigenvalue weighted by Gasteiger charge is -2.37. The van der Waals surface area contributed by atoms with Gasteiger partial charge in [-0.2, -0.15) is 0 Å². The summed E-state index contributed by atoms with van der Waals surface area (Å²) in [4.78, 5) is 24.0. The van der Waals surface area contributed by atoms with Crippen LogP contribution in [0, 0.1) is 22.0 Å². The number of nitrogens with zero attached hydrogens (tertiary/aromatic N) is 2. The van der Waals surface area contributed by atoms with Gasteiger partial charge < -0.3 is 10.2 Å². The molecule has 0 radical (unpaired) electrons. The number of nitro benzene ring substituents is 1. The molecule has 0 bridgehead atoms. The van der Waals surface area contributed by atoms with Crippen molar-refractivity contribution in [3.63, 3.8) is 0 Å². The van der Waals surface area contributed by atoms with E-state index in [0.717, 1.165) is 18.8 Å². The molecule has 6 nitrogen and oxygen atoms in total. The third-order valence-electron chi connectivity index (χ3n) is 3.71. The molecular weight excluding hydrogens is 270 g/mol. The average Bonchev–Trinajstić information content (AvgIpc) is 2.36. The van der Waals surface area contributed by atoms with Crippen LogP contribution in [0.3, 0.4) is 0 Å². The van der Waals surface area contributed by atoms with Gasteiger partial charge in [0.2, 0.25) is 5.91 Å². The Hall–Kier alpha value is -2.11. The molecule has 1 heterocycles. The second-order valence-electron chi connectivity index (χ2n) is 5.99. The van der Waals surface area contributed by atoms with E-state index in [0.29, 0.717) is 17.5 Å². The van der Waals surface area contributed by atoms with Crippen molar-refractivity contribution in [3.05, 3.63) is 28.3 Å². The van der Waals surface area contributed by atoms with Gasteiger partial charge in [-0.15, -0.1) is 0 Å². The van der Waals surface area contributed by atoms with Gasteiger partial charge in [0, 0.05) is 32.1 Å². The SMILES string of the molecule is CC(=O)Nc1cc([N+](=O)[O-])ccc1N1CC(C)CC(C)C1. The molecule has 1 aromatic carbocycles. The van der Waals surface area contributed by atoms with Crippen molar-refractivity contribution in [2.75, 3.05) is 23.3 Å². The quantitative estimate of drug-likeness (QED) is 0.686. The molecular formula is C15H21N3O3. The van der Waals surface area contributed by atoms with Gasteiger partial charge in [-0.05, 0) is 24.3 Å². The number of amides is 1. The van der Waals surface area contributed by atoms with Gasteiger partial charge in [-0.3, -0.25) is 14.9 Å². The Balaban J connectivity index is 2.36. The molecule has 114 valence electrons. The summed E-state index contributed by atoms with van der Waals surface area (Å²) in [7, 11) is 0. The third kappa shape index (κ3) is 3.71. The number of piperidine rings is 1. The second kappa shape index (κ2) is 6.11. The first kappa shape index (κ1) is 15.3. The number of anilines is 2. The number of benzene rings is 1. The van der Waals surface area contributed by atoms with Crippen molar-refractivity contribution in [1.82, 2.24) is 0 Å². The number of carbonyl (C=O) groups excluding carboxylic acids is 1. The van der Waals surface area contributed by atoms with Gasteiger partial charge in [0.05, 0.1) is 16.3 Å². The average molecular weight is 291 g/mol. The molecule has 1 fully saturated rings. The van der Waals surface area contributed by atoms with Gasteiger partial charge >= 0.3 is 0 Å². The summed E-state index contributed by atoms with van der Waals surface area (Å²) in [6, 6.07) is 4.65. The number of nitrogens with one attached hydrogen (secondary N) is 1. The highest BCUT2D eigenvalue weighted by Crippen LogP contribution is 2.34. The van der Waals surface area contributed by atoms with Gasteiger partial charge in [0.1, 0.15) is 0 Å². The summed E-state index contributed by atoms with van der Waals surface area (Å²) in [6.45, 7) is 7.60. The largest absolute Gasteiger partial charge is 0.369 e. The van der Waals surface area contributed by atoms with Gasteiger partial charge in [-0.1, -0.05) is 13.8 Å². The highest BCUT2D eigenvalue weighted by atomic mass is 16.6. The van der Waals surface area contributed by atoms with Gasteiger partial charge in [0.15, 0.2) is 0 Å².